The summed E-state index contributed by atoms with van der Waals surface area (Å²) in [6.07, 6.45) is 1.95. The summed E-state index contributed by atoms with van der Waals surface area (Å²) in [6, 6.07) is 11.8. The highest BCUT2D eigenvalue weighted by molar-refractivity contribution is 7.93. The van der Waals surface area contributed by atoms with E-state index in [4.69, 9.17) is 4.74 Å². The summed E-state index contributed by atoms with van der Waals surface area (Å²) in [7, 11) is 0.104. The van der Waals surface area contributed by atoms with E-state index in [-0.39, 0.29) is 41.0 Å². The van der Waals surface area contributed by atoms with Crippen molar-refractivity contribution in [2.75, 3.05) is 32.1 Å². The molecule has 4 heterocycles. The summed E-state index contributed by atoms with van der Waals surface area (Å²) in [5.74, 6) is -1.08. The summed E-state index contributed by atoms with van der Waals surface area (Å²) < 4.78 is 34.4. The van der Waals surface area contributed by atoms with Gasteiger partial charge in [-0.3, -0.25) is 14.5 Å². The normalized spacial score (nSPS) is 23.1. The first kappa shape index (κ1) is 26.7. The monoisotopic (exact) mass is 551 g/mol. The van der Waals surface area contributed by atoms with E-state index in [0.717, 1.165) is 9.87 Å². The number of carbonyl (C=O) groups excluding carboxylic acids is 2. The molecule has 2 aliphatic rings. The van der Waals surface area contributed by atoms with E-state index in [0.29, 0.717) is 5.56 Å². The number of hydrogen-bond donors (Lipinski definition) is 1. The van der Waals surface area contributed by atoms with Gasteiger partial charge in [-0.1, -0.05) is 23.8 Å². The van der Waals surface area contributed by atoms with E-state index in [1.807, 2.05) is 6.92 Å². The Labute approximate surface area is 226 Å². The number of fused-ring (bicyclic) bond motifs is 1. The molecule has 39 heavy (non-hydrogen) atoms. The van der Waals surface area contributed by atoms with Gasteiger partial charge in [-0.2, -0.15) is 12.7 Å². The maximum absolute atomic E-state index is 14.9. The number of pyridine rings is 2. The smallest absolute Gasteiger partial charge is 0.288 e. The van der Waals surface area contributed by atoms with Crippen LogP contribution in [-0.2, 0) is 25.2 Å². The molecule has 2 aliphatic heterocycles. The van der Waals surface area contributed by atoms with Gasteiger partial charge < -0.3 is 14.7 Å². The molecule has 1 N–H and O–H groups in total. The summed E-state index contributed by atoms with van der Waals surface area (Å²) in [5, 5.41) is 10.5. The van der Waals surface area contributed by atoms with Gasteiger partial charge in [0, 0.05) is 44.2 Å². The van der Waals surface area contributed by atoms with E-state index in [1.165, 1.54) is 36.5 Å². The van der Waals surface area contributed by atoms with Gasteiger partial charge in [0.05, 0.1) is 24.9 Å². The van der Waals surface area contributed by atoms with Gasteiger partial charge in [0.15, 0.2) is 10.6 Å². The number of rotatable bonds is 6. The van der Waals surface area contributed by atoms with E-state index < -0.39 is 33.6 Å². The van der Waals surface area contributed by atoms with Gasteiger partial charge in [-0.15, -0.1) is 0 Å². The average molecular weight is 552 g/mol. The van der Waals surface area contributed by atoms with E-state index in [9.17, 15) is 23.1 Å². The molecule has 1 unspecified atom stereocenters. The molecule has 0 radical (unpaired) electrons. The lowest BCUT2D eigenvalue weighted by atomic mass is 9.81. The first-order valence-corrected chi connectivity index (χ1v) is 13.8. The molecule has 0 aliphatic carbocycles. The fraction of sp³-hybridized carbons (Fsp3) is 0.333. The predicted octanol–water partition coefficient (Wildman–Crippen LogP) is 1.30. The van der Waals surface area contributed by atoms with Crippen LogP contribution < -0.4 is 9.04 Å². The molecule has 2 amide bonds. The highest BCUT2D eigenvalue weighted by Crippen LogP contribution is 2.54. The Morgan fingerprint density at radius 3 is 2.51 bits per heavy atom. The second-order valence-electron chi connectivity index (χ2n) is 9.82. The van der Waals surface area contributed by atoms with Crippen LogP contribution in [0.15, 0.2) is 66.0 Å². The van der Waals surface area contributed by atoms with Crippen LogP contribution >= 0.6 is 0 Å². The van der Waals surface area contributed by atoms with Gasteiger partial charge >= 0.3 is 0 Å². The van der Waals surface area contributed by atoms with Crippen molar-refractivity contribution in [1.82, 2.24) is 19.8 Å². The summed E-state index contributed by atoms with van der Waals surface area (Å²) in [4.78, 5) is 39.7. The van der Waals surface area contributed by atoms with Gasteiger partial charge in [0.25, 0.3) is 15.9 Å². The molecule has 0 spiro atoms. The highest BCUT2D eigenvalue weighted by Gasteiger charge is 2.64. The van der Waals surface area contributed by atoms with Crippen LogP contribution in [0.5, 0.6) is 5.88 Å². The van der Waals surface area contributed by atoms with Crippen LogP contribution in [0.3, 0.4) is 0 Å². The molecular weight excluding hydrogens is 522 g/mol. The number of aryl methyl sites for hydroxylation is 1. The Bertz CT molecular complexity index is 1550. The molecule has 0 bridgehead atoms. The van der Waals surface area contributed by atoms with Crippen molar-refractivity contribution in [3.8, 4) is 5.88 Å². The lowest BCUT2D eigenvalue weighted by Crippen LogP contribution is -2.59. The number of aliphatic hydroxyl groups excluding tert-OH is 1. The maximum atomic E-state index is 14.9. The number of sulfonamides is 1. The zero-order valence-corrected chi connectivity index (χ0v) is 22.8. The van der Waals surface area contributed by atoms with E-state index in [2.05, 4.69) is 9.97 Å². The lowest BCUT2D eigenvalue weighted by Gasteiger charge is -2.41. The van der Waals surface area contributed by atoms with Gasteiger partial charge in [-0.05, 0) is 43.7 Å². The van der Waals surface area contributed by atoms with Crippen LogP contribution in [0.1, 0.15) is 23.1 Å². The first-order chi connectivity index (χ1) is 18.5. The average Bonchev–Trinajstić information content (AvgIpc) is 3.43. The summed E-state index contributed by atoms with van der Waals surface area (Å²) in [5.41, 5.74) is -0.380. The van der Waals surface area contributed by atoms with Crippen LogP contribution in [0.2, 0.25) is 0 Å². The van der Waals surface area contributed by atoms with Crippen molar-refractivity contribution in [3.63, 3.8) is 0 Å². The van der Waals surface area contributed by atoms with Crippen molar-refractivity contribution in [1.29, 1.82) is 0 Å². The number of benzene rings is 1. The number of ether oxygens (including phenoxy) is 1. The maximum Gasteiger partial charge on any atom is 0.288 e. The van der Waals surface area contributed by atoms with Crippen molar-refractivity contribution in [2.45, 2.75) is 36.1 Å². The minimum atomic E-state index is -4.48. The highest BCUT2D eigenvalue weighted by atomic mass is 32.2. The molecule has 1 fully saturated rings. The van der Waals surface area contributed by atoms with E-state index >= 15 is 0 Å². The molecule has 3 atom stereocenters. The second kappa shape index (κ2) is 9.70. The Morgan fingerprint density at radius 2 is 1.85 bits per heavy atom. The number of hydrogen-bond acceptors (Lipinski definition) is 9. The number of β-amino-alcohol motifs (C(OH)–C–C–N with tert-alkyl or cyclic N) is 1. The van der Waals surface area contributed by atoms with Gasteiger partial charge in [-0.25, -0.2) is 9.97 Å². The number of aromatic nitrogens is 2. The van der Waals surface area contributed by atoms with Gasteiger partial charge in [0.2, 0.25) is 11.8 Å². The van der Waals surface area contributed by atoms with Gasteiger partial charge in [0.1, 0.15) is 0 Å². The number of amides is 2. The number of anilines is 1. The first-order valence-electron chi connectivity index (χ1n) is 12.3. The van der Waals surface area contributed by atoms with Crippen molar-refractivity contribution in [2.24, 2.45) is 0 Å². The molecule has 204 valence electrons. The largest absolute Gasteiger partial charge is 0.481 e. The van der Waals surface area contributed by atoms with Crippen molar-refractivity contribution < 1.29 is 27.9 Å². The Morgan fingerprint density at radius 1 is 1.10 bits per heavy atom. The Hall–Kier alpha value is -3.87. The second-order valence-corrected chi connectivity index (χ2v) is 11.6. The number of methoxy groups -OCH3 is 1. The number of likely N-dealkylation sites (tertiary alicyclic amines) is 1. The molecule has 12 heteroatoms. The molecular formula is C27H29N5O6S. The summed E-state index contributed by atoms with van der Waals surface area (Å²) >= 11 is 0. The third-order valence-corrected chi connectivity index (χ3v) is 8.80. The van der Waals surface area contributed by atoms with E-state index in [1.54, 1.807) is 55.4 Å². The molecule has 0 saturated carbocycles. The SMILES string of the molecule is COc1ncccc1C1(N2C[C@H](O)C[C@H]2C(=O)N(C)C)C(=O)N(S(=O)(=O)c2ccccn2)c2ccc(C)cc21. The molecule has 3 aromatic rings. The number of aliphatic hydroxyl groups is 1. The molecule has 1 aromatic carbocycles. The minimum Gasteiger partial charge on any atom is -0.481 e. The Kier molecular flexibility index (Phi) is 6.65. The number of carbonyl (C=O) groups is 2. The van der Waals surface area contributed by atoms with Crippen molar-refractivity contribution in [3.05, 3.63) is 77.6 Å². The quantitative estimate of drug-likeness (QED) is 0.481. The van der Waals surface area contributed by atoms with Crippen molar-refractivity contribution >= 4 is 27.5 Å². The lowest BCUT2D eigenvalue weighted by molar-refractivity contribution is -0.138. The summed E-state index contributed by atoms with van der Waals surface area (Å²) in [6.45, 7) is 1.76. The predicted molar refractivity (Wildman–Crippen MR) is 141 cm³/mol. The fourth-order valence-electron chi connectivity index (χ4n) is 5.56. The molecule has 1 saturated heterocycles. The topological polar surface area (TPSA) is 133 Å². The van der Waals surface area contributed by atoms with Crippen LogP contribution in [0.25, 0.3) is 0 Å². The molecule has 2 aromatic heterocycles. The van der Waals surface area contributed by atoms with Crippen LogP contribution in [0, 0.1) is 6.92 Å². The fourth-order valence-corrected chi connectivity index (χ4v) is 6.96. The minimum absolute atomic E-state index is 0.0583. The van der Waals surface area contributed by atoms with Crippen LogP contribution in [0.4, 0.5) is 5.69 Å². The molecule has 11 nitrogen and oxygen atoms in total. The van der Waals surface area contributed by atoms with Crippen LogP contribution in [-0.4, -0.2) is 85.0 Å². The number of likely N-dealkylation sites (N-methyl/N-ethyl adjacent to an activating group) is 1. The molecule has 5 rings (SSSR count). The zero-order valence-electron chi connectivity index (χ0n) is 22.0. The number of nitrogens with zero attached hydrogens (tertiary/aromatic N) is 5. The Balaban J connectivity index is 1.88. The third-order valence-electron chi connectivity index (χ3n) is 7.19. The zero-order chi connectivity index (χ0) is 28.1. The third kappa shape index (κ3) is 3.98. The standard InChI is InChI=1S/C27H29N5O6S/c1-17-10-11-21-20(14-17)27(19-8-7-13-29-24(19)38-4,31-16-18(33)15-22(31)25(34)30(2)3)26(35)32(21)39(36,37)23-9-5-6-12-28-23/h5-14,18,22,33H,15-16H2,1-4H3/t18-,22+,27?/m1/s1.